The quantitative estimate of drug-likeness (QED) is 0.506. The third-order valence-electron chi connectivity index (χ3n) is 3.04. The van der Waals surface area contributed by atoms with E-state index in [4.69, 9.17) is 5.10 Å². The molecule has 1 aromatic rings. The summed E-state index contributed by atoms with van der Waals surface area (Å²) >= 11 is 0. The van der Waals surface area contributed by atoms with Gasteiger partial charge in [0.15, 0.2) is 0 Å². The Morgan fingerprint density at radius 3 is 2.56 bits per heavy atom. The van der Waals surface area contributed by atoms with Crippen molar-refractivity contribution in [1.29, 1.82) is 0 Å². The van der Waals surface area contributed by atoms with Crippen molar-refractivity contribution in [1.82, 2.24) is 0 Å². The van der Waals surface area contributed by atoms with Gasteiger partial charge in [-0.2, -0.15) is 0 Å². The summed E-state index contributed by atoms with van der Waals surface area (Å²) in [6, 6.07) is 8.69. The van der Waals surface area contributed by atoms with E-state index in [2.05, 4.69) is 52.3 Å². The van der Waals surface area contributed by atoms with E-state index in [1.165, 1.54) is 23.3 Å². The van der Waals surface area contributed by atoms with Crippen molar-refractivity contribution in [3.63, 3.8) is 0 Å². The van der Waals surface area contributed by atoms with E-state index in [0.717, 1.165) is 6.42 Å². The highest BCUT2D eigenvalue weighted by Crippen LogP contribution is 2.31. The summed E-state index contributed by atoms with van der Waals surface area (Å²) in [5, 5.41) is 4.80. The van der Waals surface area contributed by atoms with E-state index < -0.39 is 0 Å². The lowest BCUT2D eigenvalue weighted by Gasteiger charge is -2.25. The zero-order valence-electron chi connectivity index (χ0n) is 10.7. The summed E-state index contributed by atoms with van der Waals surface area (Å²) in [4.78, 5) is 0. The lowest BCUT2D eigenvalue weighted by atomic mass is 9.83. The van der Waals surface area contributed by atoms with E-state index >= 15 is 0 Å². The van der Waals surface area contributed by atoms with Gasteiger partial charge in [-0.05, 0) is 24.3 Å². The fourth-order valence-corrected chi connectivity index (χ4v) is 2.30. The van der Waals surface area contributed by atoms with Crippen molar-refractivity contribution >= 4 is 5.71 Å². The van der Waals surface area contributed by atoms with Gasteiger partial charge >= 0.3 is 0 Å². The van der Waals surface area contributed by atoms with Gasteiger partial charge < -0.3 is 0 Å². The van der Waals surface area contributed by atoms with Crippen molar-refractivity contribution in [3.05, 3.63) is 35.4 Å². The first-order valence-corrected chi connectivity index (χ1v) is 5.97. The maximum absolute atomic E-state index is 4.80. The second kappa shape index (κ2) is 4.02. The summed E-state index contributed by atoms with van der Waals surface area (Å²) in [5.41, 5.74) is 4.08. The molecular formula is C14H21N2+. The predicted octanol–water partition coefficient (Wildman–Crippen LogP) is 2.99. The molecular weight excluding hydrogens is 196 g/mol. The van der Waals surface area contributed by atoms with Gasteiger partial charge in [0.25, 0.3) is 0 Å². The lowest BCUT2D eigenvalue weighted by molar-refractivity contribution is -0.877. The highest BCUT2D eigenvalue weighted by Gasteiger charge is 2.23. The van der Waals surface area contributed by atoms with E-state index in [9.17, 15) is 0 Å². The normalized spacial score (nSPS) is 23.2. The van der Waals surface area contributed by atoms with Crippen molar-refractivity contribution in [2.75, 3.05) is 21.1 Å². The maximum Gasteiger partial charge on any atom is 0.103 e. The Hall–Kier alpha value is -1.15. The Kier molecular flexibility index (Phi) is 2.85. The molecule has 2 heteroatoms. The Bertz CT molecular complexity index is 413. The minimum Gasteiger partial charge on any atom is -0.205 e. The number of quaternary nitrogens is 1. The zero-order chi connectivity index (χ0) is 11.8. The molecule has 1 aliphatic carbocycles. The molecule has 0 saturated heterocycles. The molecule has 0 spiro atoms. The van der Waals surface area contributed by atoms with Gasteiger partial charge in [0, 0.05) is 5.56 Å². The van der Waals surface area contributed by atoms with Crippen LogP contribution >= 0.6 is 0 Å². The van der Waals surface area contributed by atoms with Crippen LogP contribution in [0, 0.1) is 0 Å². The van der Waals surface area contributed by atoms with Crippen molar-refractivity contribution < 1.29 is 4.59 Å². The van der Waals surface area contributed by atoms with Crippen LogP contribution in [0.5, 0.6) is 0 Å². The fraction of sp³-hybridized carbons (Fsp3) is 0.500. The average molecular weight is 217 g/mol. The second-order valence-corrected chi connectivity index (χ2v) is 5.52. The SMILES string of the molecule is C[C@H]1CC/C(=N\[N+](C)(C)C)c2ccccc21. The molecule has 2 nitrogen and oxygen atoms in total. The number of hydrogen-bond donors (Lipinski definition) is 0. The third-order valence-corrected chi connectivity index (χ3v) is 3.04. The molecule has 0 N–H and O–H groups in total. The molecule has 16 heavy (non-hydrogen) atoms. The van der Waals surface area contributed by atoms with Gasteiger partial charge in [0.05, 0.1) is 21.1 Å². The van der Waals surface area contributed by atoms with Crippen LogP contribution in [0.25, 0.3) is 0 Å². The molecule has 86 valence electrons. The lowest BCUT2D eigenvalue weighted by Crippen LogP contribution is -2.30. The molecule has 0 bridgehead atoms. The molecule has 0 saturated carbocycles. The van der Waals surface area contributed by atoms with E-state index in [1.54, 1.807) is 0 Å². The molecule has 1 aromatic carbocycles. The topological polar surface area (TPSA) is 12.4 Å². The van der Waals surface area contributed by atoms with Gasteiger partial charge in [0.2, 0.25) is 0 Å². The molecule has 0 unspecified atom stereocenters. The minimum absolute atomic E-state index is 0.651. The summed E-state index contributed by atoms with van der Waals surface area (Å²) in [5.74, 6) is 0.669. The molecule has 0 amide bonds. The van der Waals surface area contributed by atoms with Crippen molar-refractivity contribution in [2.45, 2.75) is 25.7 Å². The van der Waals surface area contributed by atoms with Crippen LogP contribution in [0.2, 0.25) is 0 Å². The van der Waals surface area contributed by atoms with E-state index in [-0.39, 0.29) is 0 Å². The molecule has 0 fully saturated rings. The zero-order valence-corrected chi connectivity index (χ0v) is 10.7. The number of benzene rings is 1. The summed E-state index contributed by atoms with van der Waals surface area (Å²) < 4.78 is 0.651. The second-order valence-electron chi connectivity index (χ2n) is 5.52. The maximum atomic E-state index is 4.80. The predicted molar refractivity (Wildman–Crippen MR) is 68.7 cm³/mol. The third kappa shape index (κ3) is 2.33. The molecule has 0 aromatic heterocycles. The van der Waals surface area contributed by atoms with Gasteiger partial charge in [-0.25, -0.2) is 4.59 Å². The van der Waals surface area contributed by atoms with Crippen LogP contribution < -0.4 is 0 Å². The molecule has 0 heterocycles. The largest absolute Gasteiger partial charge is 0.205 e. The first kappa shape index (κ1) is 11.3. The van der Waals surface area contributed by atoms with Crippen LogP contribution in [0.15, 0.2) is 29.4 Å². The van der Waals surface area contributed by atoms with Crippen LogP contribution in [-0.2, 0) is 0 Å². The van der Waals surface area contributed by atoms with Crippen LogP contribution in [0.4, 0.5) is 0 Å². The number of fused-ring (bicyclic) bond motifs is 1. The van der Waals surface area contributed by atoms with Crippen LogP contribution in [0.3, 0.4) is 0 Å². The monoisotopic (exact) mass is 217 g/mol. The number of hydrogen-bond acceptors (Lipinski definition) is 1. The Morgan fingerprint density at radius 2 is 1.88 bits per heavy atom. The average Bonchev–Trinajstić information content (AvgIpc) is 2.21. The Balaban J connectivity index is 2.47. The summed E-state index contributed by atoms with van der Waals surface area (Å²) in [6.07, 6.45) is 2.32. The molecule has 1 atom stereocenters. The van der Waals surface area contributed by atoms with Gasteiger partial charge in [0.1, 0.15) is 5.71 Å². The van der Waals surface area contributed by atoms with Crippen molar-refractivity contribution in [2.24, 2.45) is 5.10 Å². The smallest absolute Gasteiger partial charge is 0.103 e. The van der Waals surface area contributed by atoms with Crippen molar-refractivity contribution in [3.8, 4) is 0 Å². The van der Waals surface area contributed by atoms with Crippen LogP contribution in [-0.4, -0.2) is 31.4 Å². The van der Waals surface area contributed by atoms with Crippen LogP contribution in [0.1, 0.15) is 36.8 Å². The van der Waals surface area contributed by atoms with E-state index in [1.807, 2.05) is 0 Å². The fourth-order valence-electron chi connectivity index (χ4n) is 2.30. The first-order valence-electron chi connectivity index (χ1n) is 5.97. The summed E-state index contributed by atoms with van der Waals surface area (Å²) in [6.45, 7) is 2.31. The van der Waals surface area contributed by atoms with Gasteiger partial charge in [-0.1, -0.05) is 36.3 Å². The molecule has 1 aliphatic rings. The summed E-state index contributed by atoms with van der Waals surface area (Å²) in [7, 11) is 6.31. The van der Waals surface area contributed by atoms with Gasteiger partial charge in [-0.3, -0.25) is 0 Å². The van der Waals surface area contributed by atoms with Gasteiger partial charge in [-0.15, -0.1) is 0 Å². The first-order chi connectivity index (χ1) is 7.47. The highest BCUT2D eigenvalue weighted by molar-refractivity contribution is 6.02. The van der Waals surface area contributed by atoms with E-state index in [0.29, 0.717) is 10.5 Å². The molecule has 0 aliphatic heterocycles. The molecule has 0 radical (unpaired) electrons. The Morgan fingerprint density at radius 1 is 1.19 bits per heavy atom. The minimum atomic E-state index is 0.651. The standard InChI is InChI=1S/C14H21N2/c1-11-9-10-14(15-16(2,3)4)13-8-6-5-7-12(11)13/h5-8,11H,9-10H2,1-4H3/q+1/b15-14+/t11-/m0/s1. The Labute approximate surface area is 98.2 Å². The highest BCUT2D eigenvalue weighted by atomic mass is 15.6. The number of nitrogens with zero attached hydrogens (tertiary/aromatic N) is 2. The molecule has 2 rings (SSSR count). The number of rotatable bonds is 1.